The van der Waals surface area contributed by atoms with Crippen molar-refractivity contribution in [2.24, 2.45) is 0 Å². The van der Waals surface area contributed by atoms with Crippen molar-refractivity contribution in [1.82, 2.24) is 24.6 Å². The Labute approximate surface area is 144 Å². The number of carbonyl (C=O) groups excluding carboxylic acids is 1. The number of amides is 1. The molecule has 0 unspecified atom stereocenters. The van der Waals surface area contributed by atoms with Gasteiger partial charge in [0.25, 0.3) is 5.91 Å². The van der Waals surface area contributed by atoms with Gasteiger partial charge in [0.1, 0.15) is 5.69 Å². The van der Waals surface area contributed by atoms with Crippen LogP contribution in [0.5, 0.6) is 0 Å². The van der Waals surface area contributed by atoms with Crippen LogP contribution in [0, 0.1) is 0 Å². The molecule has 2 N–H and O–H groups in total. The summed E-state index contributed by atoms with van der Waals surface area (Å²) in [6.07, 6.45) is 2.35. The Morgan fingerprint density at radius 1 is 1.28 bits per heavy atom. The fourth-order valence-electron chi connectivity index (χ4n) is 3.58. The van der Waals surface area contributed by atoms with Crippen molar-refractivity contribution in [3.63, 3.8) is 0 Å². The van der Waals surface area contributed by atoms with Crippen LogP contribution in [0.15, 0.2) is 35.1 Å². The number of aromatic nitrogens is 4. The number of nitrogens with one attached hydrogen (secondary N) is 2. The molecule has 0 radical (unpaired) electrons. The second-order valence-corrected chi connectivity index (χ2v) is 6.47. The zero-order valence-corrected chi connectivity index (χ0v) is 14.2. The summed E-state index contributed by atoms with van der Waals surface area (Å²) in [5, 5.41) is 7.00. The van der Waals surface area contributed by atoms with Crippen molar-refractivity contribution in [1.29, 1.82) is 0 Å². The van der Waals surface area contributed by atoms with E-state index in [1.807, 2.05) is 46.7 Å². The molecule has 0 spiro atoms. The van der Waals surface area contributed by atoms with Crippen LogP contribution in [-0.4, -0.2) is 43.6 Å². The Balaban J connectivity index is 1.50. The van der Waals surface area contributed by atoms with Gasteiger partial charge >= 0.3 is 5.69 Å². The van der Waals surface area contributed by atoms with Crippen molar-refractivity contribution in [3.05, 3.63) is 52.2 Å². The van der Waals surface area contributed by atoms with E-state index in [1.165, 1.54) is 0 Å². The first-order chi connectivity index (χ1) is 12.2. The number of likely N-dealkylation sites (tertiary alicyclic amines) is 1. The number of rotatable bonds is 3. The van der Waals surface area contributed by atoms with Crippen LogP contribution in [-0.2, 0) is 6.42 Å². The molecule has 0 aliphatic carbocycles. The average molecular weight is 339 g/mol. The molecule has 0 atom stereocenters. The molecule has 130 valence electrons. The molecule has 25 heavy (non-hydrogen) atoms. The van der Waals surface area contributed by atoms with Crippen molar-refractivity contribution < 1.29 is 4.79 Å². The van der Waals surface area contributed by atoms with Gasteiger partial charge in [0.05, 0.1) is 11.0 Å². The van der Waals surface area contributed by atoms with Gasteiger partial charge in [0.15, 0.2) is 0 Å². The molecule has 7 nitrogen and oxygen atoms in total. The number of hydrogen-bond acceptors (Lipinski definition) is 3. The topological polar surface area (TPSA) is 86.8 Å². The normalized spacial score (nSPS) is 15.8. The van der Waals surface area contributed by atoms with Gasteiger partial charge in [-0.1, -0.05) is 19.1 Å². The number of nitrogens with zero attached hydrogens (tertiary/aromatic N) is 3. The predicted molar refractivity (Wildman–Crippen MR) is 94.7 cm³/mol. The minimum Gasteiger partial charge on any atom is -0.337 e. The second kappa shape index (κ2) is 6.23. The molecule has 1 aromatic carbocycles. The van der Waals surface area contributed by atoms with Crippen molar-refractivity contribution >= 4 is 16.9 Å². The van der Waals surface area contributed by atoms with E-state index in [2.05, 4.69) is 15.2 Å². The Hall–Kier alpha value is -2.83. The Bertz CT molecular complexity index is 959. The minimum absolute atomic E-state index is 0.0410. The first-order valence-corrected chi connectivity index (χ1v) is 8.70. The third-order valence-corrected chi connectivity index (χ3v) is 4.97. The summed E-state index contributed by atoms with van der Waals surface area (Å²) < 4.78 is 1.83. The lowest BCUT2D eigenvalue weighted by Gasteiger charge is -2.32. The highest BCUT2D eigenvalue weighted by Crippen LogP contribution is 2.25. The van der Waals surface area contributed by atoms with Crippen LogP contribution in [0.1, 0.15) is 42.0 Å². The standard InChI is InChI=1S/C18H21N5O2/c1-2-12-11-15(21-20-12)17(24)22-9-7-13(8-10-22)23-16-6-4-3-5-14(16)19-18(23)25/h3-6,11,13H,2,7-10H2,1H3,(H,19,25)(H,20,21). The lowest BCUT2D eigenvalue weighted by molar-refractivity contribution is 0.0689. The van der Waals surface area contributed by atoms with Gasteiger partial charge in [-0.15, -0.1) is 0 Å². The molecular weight excluding hydrogens is 318 g/mol. The Morgan fingerprint density at radius 2 is 2.04 bits per heavy atom. The summed E-state index contributed by atoms with van der Waals surface area (Å²) >= 11 is 0. The average Bonchev–Trinajstić information content (AvgIpc) is 3.25. The van der Waals surface area contributed by atoms with Gasteiger partial charge in [-0.3, -0.25) is 14.5 Å². The second-order valence-electron chi connectivity index (χ2n) is 6.47. The van der Waals surface area contributed by atoms with Crippen LogP contribution in [0.2, 0.25) is 0 Å². The molecule has 1 saturated heterocycles. The molecule has 1 aliphatic heterocycles. The number of carbonyl (C=O) groups is 1. The highest BCUT2D eigenvalue weighted by Gasteiger charge is 2.27. The highest BCUT2D eigenvalue weighted by molar-refractivity contribution is 5.92. The van der Waals surface area contributed by atoms with Crippen LogP contribution in [0.25, 0.3) is 11.0 Å². The zero-order chi connectivity index (χ0) is 17.4. The summed E-state index contributed by atoms with van der Waals surface area (Å²) in [5.41, 5.74) is 3.14. The minimum atomic E-state index is -0.0779. The van der Waals surface area contributed by atoms with E-state index in [1.54, 1.807) is 0 Å². The largest absolute Gasteiger partial charge is 0.337 e. The molecule has 1 fully saturated rings. The SMILES string of the molecule is CCc1cc(C(=O)N2CCC(n3c(=O)[nH]c4ccccc43)CC2)n[nH]1. The van der Waals surface area contributed by atoms with E-state index in [9.17, 15) is 9.59 Å². The van der Waals surface area contributed by atoms with E-state index in [0.717, 1.165) is 36.0 Å². The third kappa shape index (κ3) is 2.75. The molecule has 0 bridgehead atoms. The monoisotopic (exact) mass is 339 g/mol. The molecule has 2 aromatic heterocycles. The van der Waals surface area contributed by atoms with Crippen LogP contribution < -0.4 is 5.69 Å². The van der Waals surface area contributed by atoms with Gasteiger partial charge in [-0.25, -0.2) is 4.79 Å². The number of fused-ring (bicyclic) bond motifs is 1. The van der Waals surface area contributed by atoms with E-state index in [-0.39, 0.29) is 17.6 Å². The quantitative estimate of drug-likeness (QED) is 0.766. The number of hydrogen-bond donors (Lipinski definition) is 2. The fourth-order valence-corrected chi connectivity index (χ4v) is 3.58. The van der Waals surface area contributed by atoms with Crippen molar-refractivity contribution in [2.75, 3.05) is 13.1 Å². The maximum atomic E-state index is 12.6. The van der Waals surface area contributed by atoms with Crippen LogP contribution in [0.4, 0.5) is 0 Å². The van der Waals surface area contributed by atoms with E-state index in [0.29, 0.717) is 18.8 Å². The van der Waals surface area contributed by atoms with Crippen molar-refractivity contribution in [2.45, 2.75) is 32.2 Å². The maximum Gasteiger partial charge on any atom is 0.326 e. The van der Waals surface area contributed by atoms with Crippen LogP contribution in [0.3, 0.4) is 0 Å². The van der Waals surface area contributed by atoms with Gasteiger partial charge < -0.3 is 9.88 Å². The first kappa shape index (κ1) is 15.7. The van der Waals surface area contributed by atoms with Gasteiger partial charge in [0, 0.05) is 24.8 Å². The number of para-hydroxylation sites is 2. The molecule has 7 heteroatoms. The molecular formula is C18H21N5O2. The summed E-state index contributed by atoms with van der Waals surface area (Å²) in [6.45, 7) is 3.28. The van der Waals surface area contributed by atoms with Crippen LogP contribution >= 0.6 is 0 Å². The number of aromatic amines is 2. The maximum absolute atomic E-state index is 12.6. The zero-order valence-electron chi connectivity index (χ0n) is 14.2. The summed E-state index contributed by atoms with van der Waals surface area (Å²) in [7, 11) is 0. The number of imidazole rings is 1. The van der Waals surface area contributed by atoms with Gasteiger partial charge in [0.2, 0.25) is 0 Å². The summed E-state index contributed by atoms with van der Waals surface area (Å²) in [5.74, 6) is -0.0410. The van der Waals surface area contributed by atoms with E-state index in [4.69, 9.17) is 0 Å². The van der Waals surface area contributed by atoms with Gasteiger partial charge in [-0.05, 0) is 37.5 Å². The number of benzene rings is 1. The molecule has 1 amide bonds. The van der Waals surface area contributed by atoms with E-state index < -0.39 is 0 Å². The lowest BCUT2D eigenvalue weighted by Crippen LogP contribution is -2.40. The van der Waals surface area contributed by atoms with Crippen molar-refractivity contribution in [3.8, 4) is 0 Å². The third-order valence-electron chi connectivity index (χ3n) is 4.97. The predicted octanol–water partition coefficient (Wildman–Crippen LogP) is 2.09. The molecule has 3 heterocycles. The number of aryl methyl sites for hydroxylation is 1. The van der Waals surface area contributed by atoms with Gasteiger partial charge in [-0.2, -0.15) is 5.10 Å². The smallest absolute Gasteiger partial charge is 0.326 e. The Morgan fingerprint density at radius 3 is 2.76 bits per heavy atom. The van der Waals surface area contributed by atoms with E-state index >= 15 is 0 Å². The lowest BCUT2D eigenvalue weighted by atomic mass is 10.0. The summed E-state index contributed by atoms with van der Waals surface area (Å²) in [6, 6.07) is 9.65. The first-order valence-electron chi connectivity index (χ1n) is 8.70. The molecule has 1 aliphatic rings. The number of piperidine rings is 1. The molecule has 0 saturated carbocycles. The fraction of sp³-hybridized carbons (Fsp3) is 0.389. The highest BCUT2D eigenvalue weighted by atomic mass is 16.2. The summed E-state index contributed by atoms with van der Waals surface area (Å²) in [4.78, 5) is 29.6. The molecule has 4 rings (SSSR count). The number of H-pyrrole nitrogens is 2. The Kier molecular flexibility index (Phi) is 3.91. The molecule has 3 aromatic rings.